The van der Waals surface area contributed by atoms with Crippen molar-refractivity contribution in [2.24, 2.45) is 4.99 Å². The predicted octanol–water partition coefficient (Wildman–Crippen LogP) is 3.33. The number of hydrogen-bond donors (Lipinski definition) is 3. The van der Waals surface area contributed by atoms with Crippen molar-refractivity contribution in [2.75, 3.05) is 13.1 Å². The Kier molecular flexibility index (Phi) is 7.25. The molecule has 0 aliphatic heterocycles. The summed E-state index contributed by atoms with van der Waals surface area (Å²) >= 11 is 1.78. The van der Waals surface area contributed by atoms with Crippen LogP contribution >= 0.6 is 11.3 Å². The highest BCUT2D eigenvalue weighted by molar-refractivity contribution is 7.11. The number of thiazole rings is 1. The summed E-state index contributed by atoms with van der Waals surface area (Å²) in [4.78, 5) is 10.4. The second kappa shape index (κ2) is 9.42. The average molecular weight is 361 g/mol. The summed E-state index contributed by atoms with van der Waals surface area (Å²) in [5, 5.41) is 17.7. The number of aryl methyl sites for hydroxylation is 3. The van der Waals surface area contributed by atoms with Gasteiger partial charge in [-0.2, -0.15) is 0 Å². The summed E-state index contributed by atoms with van der Waals surface area (Å²) in [6.45, 7) is 10.2. The molecule has 0 aliphatic rings. The third kappa shape index (κ3) is 5.74. The van der Waals surface area contributed by atoms with Crippen LogP contribution in [0.1, 0.15) is 40.4 Å². The molecule has 0 saturated carbocycles. The highest BCUT2D eigenvalue weighted by atomic mass is 32.1. The fraction of sp³-hybridized carbons (Fsp3) is 0.474. The molecule has 0 spiro atoms. The van der Waals surface area contributed by atoms with Gasteiger partial charge in [0.1, 0.15) is 5.75 Å². The van der Waals surface area contributed by atoms with Crippen LogP contribution in [0.15, 0.2) is 23.3 Å². The Morgan fingerprint density at radius 2 is 1.92 bits per heavy atom. The molecule has 0 bridgehead atoms. The number of phenols is 1. The number of phenolic OH excluding ortho intramolecular Hbond substituents is 1. The van der Waals surface area contributed by atoms with Gasteiger partial charge in [-0.3, -0.25) is 0 Å². The summed E-state index contributed by atoms with van der Waals surface area (Å²) in [5.74, 6) is 1.17. The first-order valence-corrected chi connectivity index (χ1v) is 9.60. The van der Waals surface area contributed by atoms with Gasteiger partial charge in [-0.25, -0.2) is 9.98 Å². The molecule has 0 unspecified atom stereocenters. The molecule has 5 nitrogen and oxygen atoms in total. The fourth-order valence-electron chi connectivity index (χ4n) is 2.56. The molecular weight excluding hydrogens is 332 g/mol. The number of aromatic nitrogens is 1. The minimum absolute atomic E-state index is 0.368. The maximum Gasteiger partial charge on any atom is 0.191 e. The normalized spacial score (nSPS) is 11.6. The highest BCUT2D eigenvalue weighted by Crippen LogP contribution is 2.23. The summed E-state index contributed by atoms with van der Waals surface area (Å²) in [6, 6.07) is 3.97. The van der Waals surface area contributed by atoms with Crippen LogP contribution in [0.25, 0.3) is 0 Å². The van der Waals surface area contributed by atoms with Crippen molar-refractivity contribution in [3.05, 3.63) is 44.9 Å². The molecule has 0 atom stereocenters. The number of benzene rings is 1. The van der Waals surface area contributed by atoms with E-state index in [1.54, 1.807) is 11.3 Å². The summed E-state index contributed by atoms with van der Waals surface area (Å²) in [5.41, 5.74) is 2.87. The highest BCUT2D eigenvalue weighted by Gasteiger charge is 2.05. The average Bonchev–Trinajstić information content (AvgIpc) is 3.05. The molecule has 1 aromatic carbocycles. The Balaban J connectivity index is 1.93. The van der Waals surface area contributed by atoms with Crippen LogP contribution in [-0.4, -0.2) is 29.1 Å². The lowest BCUT2D eigenvalue weighted by Gasteiger charge is -2.11. The van der Waals surface area contributed by atoms with Gasteiger partial charge in [0, 0.05) is 30.6 Å². The first-order valence-electron chi connectivity index (χ1n) is 8.78. The van der Waals surface area contributed by atoms with Crippen LogP contribution in [0.4, 0.5) is 0 Å². The zero-order chi connectivity index (χ0) is 18.2. The van der Waals surface area contributed by atoms with Crippen molar-refractivity contribution < 1.29 is 5.11 Å². The van der Waals surface area contributed by atoms with E-state index >= 15 is 0 Å². The molecule has 1 heterocycles. The molecule has 2 aromatic rings. The minimum Gasteiger partial charge on any atom is -0.507 e. The summed E-state index contributed by atoms with van der Waals surface area (Å²) in [7, 11) is 0. The molecule has 0 radical (unpaired) electrons. The second-order valence-corrected chi connectivity index (χ2v) is 7.22. The van der Waals surface area contributed by atoms with E-state index in [0.29, 0.717) is 12.3 Å². The van der Waals surface area contributed by atoms with Gasteiger partial charge in [0.05, 0.1) is 11.6 Å². The topological polar surface area (TPSA) is 69.5 Å². The van der Waals surface area contributed by atoms with Gasteiger partial charge in [-0.1, -0.05) is 19.1 Å². The number of nitrogens with one attached hydrogen (secondary N) is 2. The Labute approximate surface area is 154 Å². The molecule has 0 saturated heterocycles. The van der Waals surface area contributed by atoms with Gasteiger partial charge < -0.3 is 15.7 Å². The number of guanidine groups is 1. The lowest BCUT2D eigenvalue weighted by molar-refractivity contribution is 0.466. The van der Waals surface area contributed by atoms with E-state index in [1.807, 2.05) is 32.2 Å². The van der Waals surface area contributed by atoms with Crippen molar-refractivity contribution >= 4 is 17.3 Å². The third-order valence-corrected chi connectivity index (χ3v) is 5.10. The summed E-state index contributed by atoms with van der Waals surface area (Å²) < 4.78 is 0. The molecule has 136 valence electrons. The van der Waals surface area contributed by atoms with Crippen LogP contribution < -0.4 is 10.6 Å². The van der Waals surface area contributed by atoms with Crippen molar-refractivity contribution in [3.8, 4) is 5.75 Å². The maximum absolute atomic E-state index is 9.87. The second-order valence-electron chi connectivity index (χ2n) is 6.02. The minimum atomic E-state index is 0.368. The molecule has 1 aromatic heterocycles. The standard InChI is InChI=1S/C19H28N4OS/c1-5-16-12-22-17(25-16)7-8-21-19(20-6-2)23-11-15-9-13(3)18(24)14(4)10-15/h9-10,12,24H,5-8,11H2,1-4H3,(H2,20,21,23). The third-order valence-electron chi connectivity index (χ3n) is 3.90. The van der Waals surface area contributed by atoms with Crippen molar-refractivity contribution in [1.82, 2.24) is 15.6 Å². The molecule has 6 heteroatoms. The van der Waals surface area contributed by atoms with E-state index in [1.165, 1.54) is 4.88 Å². The van der Waals surface area contributed by atoms with Gasteiger partial charge in [0.15, 0.2) is 5.96 Å². The van der Waals surface area contributed by atoms with Crippen LogP contribution in [-0.2, 0) is 19.4 Å². The van der Waals surface area contributed by atoms with Crippen molar-refractivity contribution in [3.63, 3.8) is 0 Å². The maximum atomic E-state index is 9.87. The van der Waals surface area contributed by atoms with E-state index in [9.17, 15) is 5.11 Å². The Morgan fingerprint density at radius 3 is 2.52 bits per heavy atom. The molecule has 25 heavy (non-hydrogen) atoms. The van der Waals surface area contributed by atoms with E-state index in [2.05, 4.69) is 34.5 Å². The van der Waals surface area contributed by atoms with Crippen LogP contribution in [0.5, 0.6) is 5.75 Å². The van der Waals surface area contributed by atoms with Gasteiger partial charge in [-0.05, 0) is 43.9 Å². The number of rotatable bonds is 7. The molecular formula is C19H28N4OS. The van der Waals surface area contributed by atoms with E-state index < -0.39 is 0 Å². The molecule has 0 aliphatic carbocycles. The molecule has 2 rings (SSSR count). The van der Waals surface area contributed by atoms with Crippen LogP contribution in [0, 0.1) is 13.8 Å². The quantitative estimate of drug-likeness (QED) is 0.523. The fourth-order valence-corrected chi connectivity index (χ4v) is 3.43. The number of nitrogens with zero attached hydrogens (tertiary/aromatic N) is 2. The van der Waals surface area contributed by atoms with Gasteiger partial charge in [0.25, 0.3) is 0 Å². The SMILES string of the molecule is CCNC(=NCc1cc(C)c(O)c(C)c1)NCCc1ncc(CC)s1. The van der Waals surface area contributed by atoms with Crippen LogP contribution in [0.3, 0.4) is 0 Å². The van der Waals surface area contributed by atoms with Gasteiger partial charge in [0.2, 0.25) is 0 Å². The Hall–Kier alpha value is -2.08. The first-order chi connectivity index (χ1) is 12.0. The smallest absolute Gasteiger partial charge is 0.191 e. The van der Waals surface area contributed by atoms with Gasteiger partial charge >= 0.3 is 0 Å². The zero-order valence-electron chi connectivity index (χ0n) is 15.5. The number of hydrogen-bond acceptors (Lipinski definition) is 4. The summed E-state index contributed by atoms with van der Waals surface area (Å²) in [6.07, 6.45) is 3.90. The van der Waals surface area contributed by atoms with Gasteiger partial charge in [-0.15, -0.1) is 11.3 Å². The predicted molar refractivity (Wildman–Crippen MR) is 106 cm³/mol. The monoisotopic (exact) mass is 360 g/mol. The van der Waals surface area contributed by atoms with E-state index in [4.69, 9.17) is 0 Å². The number of aromatic hydroxyl groups is 1. The molecule has 0 fully saturated rings. The number of aliphatic imine (C=N–C) groups is 1. The molecule has 3 N–H and O–H groups in total. The van der Waals surface area contributed by atoms with Crippen molar-refractivity contribution in [1.29, 1.82) is 0 Å². The first kappa shape index (κ1) is 19.2. The van der Waals surface area contributed by atoms with Crippen LogP contribution in [0.2, 0.25) is 0 Å². The largest absolute Gasteiger partial charge is 0.507 e. The van der Waals surface area contributed by atoms with Crippen molar-refractivity contribution in [2.45, 2.75) is 47.1 Å². The Bertz CT molecular complexity index is 701. The van der Waals surface area contributed by atoms with E-state index in [0.717, 1.165) is 53.6 Å². The Morgan fingerprint density at radius 1 is 1.20 bits per heavy atom. The van der Waals surface area contributed by atoms with E-state index in [-0.39, 0.29) is 0 Å². The molecule has 0 amide bonds. The lowest BCUT2D eigenvalue weighted by atomic mass is 10.1. The lowest BCUT2D eigenvalue weighted by Crippen LogP contribution is -2.38. The zero-order valence-corrected chi connectivity index (χ0v) is 16.3.